The van der Waals surface area contributed by atoms with E-state index in [0.29, 0.717) is 0 Å². The molecule has 0 bridgehead atoms. The highest BCUT2D eigenvalue weighted by molar-refractivity contribution is 5.71. The van der Waals surface area contributed by atoms with Crippen LogP contribution in [0.4, 0.5) is 0 Å². The highest BCUT2D eigenvalue weighted by Crippen LogP contribution is 2.31. The van der Waals surface area contributed by atoms with Gasteiger partial charge in [0.2, 0.25) is 0 Å². The Hall–Kier alpha value is -1.40. The molecule has 1 aromatic rings. The van der Waals surface area contributed by atoms with E-state index in [1.54, 1.807) is 6.20 Å². The third-order valence-corrected chi connectivity index (χ3v) is 5.14. The molecule has 132 valence electrons. The number of aliphatic hydroxyl groups is 1. The summed E-state index contributed by atoms with van der Waals surface area (Å²) in [6, 6.07) is 8.70. The first-order valence-electron chi connectivity index (χ1n) is 9.01. The minimum Gasteiger partial charge on any atom is -0.404 e. The second kappa shape index (κ2) is 8.12. The van der Waals surface area contributed by atoms with Gasteiger partial charge in [-0.25, -0.2) is 0 Å². The van der Waals surface area contributed by atoms with Gasteiger partial charge in [0, 0.05) is 12.6 Å². The molecule has 1 aromatic carbocycles. The molecule has 5 heteroatoms. The number of nitrogens with one attached hydrogen (secondary N) is 2. The molecule has 0 saturated heterocycles. The Morgan fingerprint density at radius 3 is 2.96 bits per heavy atom. The van der Waals surface area contributed by atoms with Crippen LogP contribution in [0.5, 0.6) is 0 Å². The van der Waals surface area contributed by atoms with Gasteiger partial charge < -0.3 is 16.2 Å². The van der Waals surface area contributed by atoms with Crippen molar-refractivity contribution < 1.29 is 9.94 Å². The van der Waals surface area contributed by atoms with Crippen molar-refractivity contribution in [2.75, 3.05) is 6.54 Å². The van der Waals surface area contributed by atoms with E-state index < -0.39 is 0 Å². The number of hydrogen-bond acceptors (Lipinski definition) is 5. The first-order chi connectivity index (χ1) is 11.7. The van der Waals surface area contributed by atoms with Crippen LogP contribution >= 0.6 is 0 Å². The summed E-state index contributed by atoms with van der Waals surface area (Å²) in [4.78, 5) is 5.83. The fraction of sp³-hybridized carbons (Fsp3) is 0.579. The molecule has 2 aliphatic rings. The number of rotatable bonds is 5. The lowest BCUT2D eigenvalue weighted by Crippen LogP contribution is -2.44. The molecule has 0 spiro atoms. The minimum atomic E-state index is -0.295. The minimum absolute atomic E-state index is 0.0492. The van der Waals surface area contributed by atoms with Gasteiger partial charge >= 0.3 is 0 Å². The molecular formula is C19H29N3O2. The number of fused-ring (bicyclic) bond motifs is 1. The Kier molecular flexibility index (Phi) is 5.89. The zero-order valence-corrected chi connectivity index (χ0v) is 14.4. The maximum absolute atomic E-state index is 10.0. The van der Waals surface area contributed by atoms with Crippen molar-refractivity contribution >= 4 is 5.57 Å². The van der Waals surface area contributed by atoms with Crippen molar-refractivity contribution in [3.8, 4) is 0 Å². The number of hydrogen-bond donors (Lipinski definition) is 4. The lowest BCUT2D eigenvalue weighted by molar-refractivity contribution is -0.0750. The van der Waals surface area contributed by atoms with Crippen LogP contribution in [0.3, 0.4) is 0 Å². The maximum atomic E-state index is 10.0. The van der Waals surface area contributed by atoms with Gasteiger partial charge in [-0.05, 0) is 49.1 Å². The average molecular weight is 331 g/mol. The van der Waals surface area contributed by atoms with Crippen LogP contribution in [0.1, 0.15) is 56.2 Å². The summed E-state index contributed by atoms with van der Waals surface area (Å²) in [5, 5.41) is 13.6. The fourth-order valence-corrected chi connectivity index (χ4v) is 3.72. The summed E-state index contributed by atoms with van der Waals surface area (Å²) < 4.78 is 0. The van der Waals surface area contributed by atoms with E-state index in [4.69, 9.17) is 10.6 Å². The van der Waals surface area contributed by atoms with Crippen LogP contribution in [0.25, 0.3) is 5.57 Å². The van der Waals surface area contributed by atoms with Gasteiger partial charge in [-0.1, -0.05) is 37.1 Å². The summed E-state index contributed by atoms with van der Waals surface area (Å²) in [5.41, 5.74) is 12.5. The Morgan fingerprint density at radius 2 is 2.17 bits per heavy atom. The van der Waals surface area contributed by atoms with E-state index in [1.165, 1.54) is 11.1 Å². The maximum Gasteiger partial charge on any atom is 0.0780 e. The quantitative estimate of drug-likeness (QED) is 0.622. The monoisotopic (exact) mass is 331 g/mol. The van der Waals surface area contributed by atoms with Crippen molar-refractivity contribution in [3.05, 3.63) is 41.6 Å². The molecule has 24 heavy (non-hydrogen) atoms. The number of nitrogens with two attached hydrogens (primary N) is 1. The predicted molar refractivity (Wildman–Crippen MR) is 95.9 cm³/mol. The second-order valence-electron chi connectivity index (χ2n) is 6.95. The van der Waals surface area contributed by atoms with Crippen molar-refractivity contribution in [2.24, 2.45) is 5.73 Å². The summed E-state index contributed by atoms with van der Waals surface area (Å²) in [6.45, 7) is 2.85. The molecule has 0 radical (unpaired) electrons. The van der Waals surface area contributed by atoms with Crippen molar-refractivity contribution in [1.29, 1.82) is 0 Å². The lowest BCUT2D eigenvalue weighted by atomic mass is 9.89. The smallest absolute Gasteiger partial charge is 0.0780 e. The van der Waals surface area contributed by atoms with E-state index in [-0.39, 0.29) is 24.3 Å². The molecule has 1 fully saturated rings. The summed E-state index contributed by atoms with van der Waals surface area (Å²) in [5.74, 6) is 0. The number of aliphatic hydroxyl groups excluding tert-OH is 1. The summed E-state index contributed by atoms with van der Waals surface area (Å²) in [6.07, 6.45) is 6.40. The first kappa shape index (κ1) is 17.4. The van der Waals surface area contributed by atoms with E-state index in [1.807, 2.05) is 0 Å². The largest absolute Gasteiger partial charge is 0.404 e. The van der Waals surface area contributed by atoms with Crippen LogP contribution in [0, 0.1) is 0 Å². The van der Waals surface area contributed by atoms with E-state index in [0.717, 1.165) is 44.2 Å². The SMILES string of the molecule is CC(CC1NC/C(=C/N)c2ccccc21)ONC1CCCCC1O. The van der Waals surface area contributed by atoms with Gasteiger partial charge in [0.25, 0.3) is 0 Å². The molecule has 4 atom stereocenters. The molecule has 1 saturated carbocycles. The van der Waals surface area contributed by atoms with Gasteiger partial charge in [0.15, 0.2) is 0 Å². The summed E-state index contributed by atoms with van der Waals surface area (Å²) >= 11 is 0. The fourth-order valence-electron chi connectivity index (χ4n) is 3.72. The van der Waals surface area contributed by atoms with Crippen LogP contribution in [-0.2, 0) is 4.84 Å². The van der Waals surface area contributed by atoms with Crippen molar-refractivity contribution in [2.45, 2.75) is 63.3 Å². The highest BCUT2D eigenvalue weighted by atomic mass is 16.7. The second-order valence-corrected chi connectivity index (χ2v) is 6.95. The van der Waals surface area contributed by atoms with Crippen molar-refractivity contribution in [1.82, 2.24) is 10.8 Å². The van der Waals surface area contributed by atoms with Crippen LogP contribution in [0.15, 0.2) is 30.5 Å². The van der Waals surface area contributed by atoms with Gasteiger partial charge in [-0.15, -0.1) is 0 Å². The Labute approximate surface area is 144 Å². The third kappa shape index (κ3) is 3.98. The zero-order chi connectivity index (χ0) is 16.9. The lowest BCUT2D eigenvalue weighted by Gasteiger charge is -2.32. The number of benzene rings is 1. The van der Waals surface area contributed by atoms with Gasteiger partial charge in [0.1, 0.15) is 0 Å². The van der Waals surface area contributed by atoms with Crippen LogP contribution in [-0.4, -0.2) is 29.9 Å². The zero-order valence-electron chi connectivity index (χ0n) is 14.4. The molecule has 1 heterocycles. The normalized spacial score (nSPS) is 30.1. The van der Waals surface area contributed by atoms with E-state index in [9.17, 15) is 5.11 Å². The third-order valence-electron chi connectivity index (χ3n) is 5.14. The molecule has 5 N–H and O–H groups in total. The standard InChI is InChI=1S/C19H29N3O2/c1-13(24-22-17-8-4-5-9-19(17)23)10-18-16-7-3-2-6-15(16)14(11-20)12-21-18/h2-3,6-7,11,13,17-19,21-23H,4-5,8-10,12,20H2,1H3/b14-11-. The highest BCUT2D eigenvalue weighted by Gasteiger charge is 2.26. The van der Waals surface area contributed by atoms with Gasteiger partial charge in [0.05, 0.1) is 18.2 Å². The topological polar surface area (TPSA) is 79.5 Å². The molecule has 3 rings (SSSR count). The van der Waals surface area contributed by atoms with Crippen LogP contribution < -0.4 is 16.5 Å². The average Bonchev–Trinajstić information content (AvgIpc) is 2.61. The molecule has 0 aromatic heterocycles. The van der Waals surface area contributed by atoms with Crippen LogP contribution in [0.2, 0.25) is 0 Å². The molecule has 4 unspecified atom stereocenters. The van der Waals surface area contributed by atoms with Gasteiger partial charge in [-0.3, -0.25) is 4.84 Å². The summed E-state index contributed by atoms with van der Waals surface area (Å²) in [7, 11) is 0. The van der Waals surface area contributed by atoms with E-state index >= 15 is 0 Å². The molecule has 0 amide bonds. The Bertz CT molecular complexity index is 575. The molecule has 5 nitrogen and oxygen atoms in total. The van der Waals surface area contributed by atoms with Gasteiger partial charge in [-0.2, -0.15) is 5.48 Å². The predicted octanol–water partition coefficient (Wildman–Crippen LogP) is 2.23. The Balaban J connectivity index is 1.57. The van der Waals surface area contributed by atoms with E-state index in [2.05, 4.69) is 42.0 Å². The molecule has 1 aliphatic heterocycles. The molecule has 1 aliphatic carbocycles. The number of hydroxylamine groups is 1. The Morgan fingerprint density at radius 1 is 1.38 bits per heavy atom. The first-order valence-corrected chi connectivity index (χ1v) is 9.01. The van der Waals surface area contributed by atoms with Crippen molar-refractivity contribution in [3.63, 3.8) is 0 Å². The molecular weight excluding hydrogens is 302 g/mol.